The van der Waals surface area contributed by atoms with Gasteiger partial charge in [-0.05, 0) is 0 Å². The molecule has 3 rings (SSSR count). The first kappa shape index (κ1) is 11.1. The van der Waals surface area contributed by atoms with Gasteiger partial charge in [0.25, 0.3) is 0 Å². The number of fused-ring (bicyclic) bond motifs is 2. The SMILES string of the molecule is Br[Te]1(Br)c2ccccc2Oc2ccccc21. The molecular formula is C12H8Br2OTe. The molecular weight excluding hydrogens is 448 g/mol. The molecule has 1 nitrogen and oxygen atoms in total. The van der Waals surface area contributed by atoms with E-state index in [1.54, 1.807) is 0 Å². The van der Waals surface area contributed by atoms with Crippen LogP contribution < -0.4 is 12.0 Å². The molecule has 0 amide bonds. The van der Waals surface area contributed by atoms with E-state index >= 15 is 0 Å². The Kier molecular flexibility index (Phi) is 2.79. The van der Waals surface area contributed by atoms with Crippen LogP contribution >= 0.6 is 25.5 Å². The van der Waals surface area contributed by atoms with Gasteiger partial charge in [-0.2, -0.15) is 0 Å². The molecule has 0 radical (unpaired) electrons. The number of para-hydroxylation sites is 2. The van der Waals surface area contributed by atoms with E-state index in [9.17, 15) is 0 Å². The second kappa shape index (κ2) is 4.03. The van der Waals surface area contributed by atoms with Crippen LogP contribution in [-0.2, 0) is 0 Å². The first-order valence-electron chi connectivity index (χ1n) is 4.78. The summed E-state index contributed by atoms with van der Waals surface area (Å²) in [6.45, 7) is 0. The molecule has 0 fully saturated rings. The average molecular weight is 456 g/mol. The van der Waals surface area contributed by atoms with Crippen molar-refractivity contribution in [3.05, 3.63) is 48.5 Å². The van der Waals surface area contributed by atoms with E-state index in [4.69, 9.17) is 4.74 Å². The van der Waals surface area contributed by atoms with Crippen LogP contribution in [0.2, 0.25) is 0 Å². The Bertz CT molecular complexity index is 507. The summed E-state index contributed by atoms with van der Waals surface area (Å²) in [7, 11) is 0. The molecule has 0 aliphatic carbocycles. The zero-order valence-electron chi connectivity index (χ0n) is 8.19. The Morgan fingerprint density at radius 3 is 1.69 bits per heavy atom. The maximum absolute atomic E-state index is 5.90. The van der Waals surface area contributed by atoms with Gasteiger partial charge in [-0.3, -0.25) is 0 Å². The number of rotatable bonds is 0. The number of halogens is 2. The first-order valence-corrected chi connectivity index (χ1v) is 17.6. The molecule has 1 aliphatic heterocycles. The summed E-state index contributed by atoms with van der Waals surface area (Å²) in [6.07, 6.45) is 0. The number of hydrogen-bond donors (Lipinski definition) is 0. The van der Waals surface area contributed by atoms with E-state index in [1.807, 2.05) is 24.3 Å². The molecule has 0 saturated carbocycles. The molecule has 0 N–H and O–H groups in total. The fraction of sp³-hybridized carbons (Fsp3) is 0. The molecule has 4 heteroatoms. The van der Waals surface area contributed by atoms with Gasteiger partial charge in [0.15, 0.2) is 0 Å². The van der Waals surface area contributed by atoms with Crippen molar-refractivity contribution in [2.24, 2.45) is 0 Å². The quantitative estimate of drug-likeness (QED) is 0.555. The molecule has 0 atom stereocenters. The van der Waals surface area contributed by atoms with E-state index in [0.717, 1.165) is 11.5 Å². The molecule has 0 unspecified atom stereocenters. The van der Waals surface area contributed by atoms with Gasteiger partial charge in [0, 0.05) is 0 Å². The molecule has 1 aliphatic rings. The van der Waals surface area contributed by atoms with Crippen LogP contribution in [-0.4, -0.2) is 13.8 Å². The van der Waals surface area contributed by atoms with Crippen LogP contribution in [0, 0.1) is 0 Å². The van der Waals surface area contributed by atoms with Crippen molar-refractivity contribution in [1.82, 2.24) is 0 Å². The van der Waals surface area contributed by atoms with Gasteiger partial charge in [0.2, 0.25) is 0 Å². The van der Waals surface area contributed by atoms with Gasteiger partial charge < -0.3 is 0 Å². The summed E-state index contributed by atoms with van der Waals surface area (Å²) in [4.78, 5) is 0. The molecule has 0 bridgehead atoms. The van der Waals surface area contributed by atoms with E-state index in [0.29, 0.717) is 0 Å². The summed E-state index contributed by atoms with van der Waals surface area (Å²) < 4.78 is 8.46. The minimum atomic E-state index is -2.51. The van der Waals surface area contributed by atoms with Crippen molar-refractivity contribution in [3.63, 3.8) is 0 Å². The van der Waals surface area contributed by atoms with Gasteiger partial charge in [-0.1, -0.05) is 0 Å². The second-order valence-electron chi connectivity index (χ2n) is 3.46. The van der Waals surface area contributed by atoms with Crippen LogP contribution in [0.1, 0.15) is 0 Å². The van der Waals surface area contributed by atoms with Gasteiger partial charge in [0.1, 0.15) is 0 Å². The van der Waals surface area contributed by atoms with Crippen LogP contribution in [0.25, 0.3) is 0 Å². The van der Waals surface area contributed by atoms with Crippen molar-refractivity contribution in [3.8, 4) is 11.5 Å². The van der Waals surface area contributed by atoms with E-state index in [2.05, 4.69) is 49.8 Å². The minimum absolute atomic E-state index is 0.969. The fourth-order valence-corrected chi connectivity index (χ4v) is 13.1. The predicted molar refractivity (Wildman–Crippen MR) is 75.8 cm³/mol. The standard InChI is InChI=1S/C12H8Br2OTe/c13-16(14)11-7-3-1-5-9(11)15-10-6-2-4-8-12(10)16/h1-8H. The second-order valence-corrected chi connectivity index (χ2v) is 27.5. The molecule has 2 aromatic carbocycles. The van der Waals surface area contributed by atoms with Gasteiger partial charge in [-0.25, -0.2) is 0 Å². The Balaban J connectivity index is 2.28. The molecule has 1 heterocycles. The summed E-state index contributed by atoms with van der Waals surface area (Å²) in [5, 5.41) is 0. The van der Waals surface area contributed by atoms with Gasteiger partial charge >= 0.3 is 111 Å². The van der Waals surface area contributed by atoms with Crippen LogP contribution in [0.5, 0.6) is 11.5 Å². The van der Waals surface area contributed by atoms with Gasteiger partial charge in [0.05, 0.1) is 0 Å². The zero-order chi connectivity index (χ0) is 11.2. The third-order valence-corrected chi connectivity index (χ3v) is 16.9. The summed E-state index contributed by atoms with van der Waals surface area (Å²) >= 11 is 5.32. The molecule has 2 aromatic rings. The predicted octanol–water partition coefficient (Wildman–Crippen LogP) is 3.14. The van der Waals surface area contributed by atoms with Crippen molar-refractivity contribution >= 4 is 46.5 Å². The first-order chi connectivity index (χ1) is 7.69. The van der Waals surface area contributed by atoms with Crippen molar-refractivity contribution in [2.45, 2.75) is 0 Å². The van der Waals surface area contributed by atoms with Crippen LogP contribution in [0.4, 0.5) is 0 Å². The number of ether oxygens (including phenoxy) is 1. The normalized spacial score (nSPS) is 17.9. The Hall–Kier alpha value is -0.0104. The maximum atomic E-state index is 5.90. The molecule has 82 valence electrons. The molecule has 16 heavy (non-hydrogen) atoms. The molecule has 0 aromatic heterocycles. The number of benzene rings is 2. The van der Waals surface area contributed by atoms with Crippen molar-refractivity contribution < 1.29 is 4.74 Å². The third kappa shape index (κ3) is 1.64. The van der Waals surface area contributed by atoms with Crippen molar-refractivity contribution in [1.29, 1.82) is 0 Å². The summed E-state index contributed by atoms with van der Waals surface area (Å²) in [5.74, 6) is 1.94. The van der Waals surface area contributed by atoms with Crippen LogP contribution in [0.15, 0.2) is 48.5 Å². The van der Waals surface area contributed by atoms with E-state index in [1.165, 1.54) is 7.22 Å². The van der Waals surface area contributed by atoms with Gasteiger partial charge in [-0.15, -0.1) is 0 Å². The Labute approximate surface area is 110 Å². The van der Waals surface area contributed by atoms with Crippen molar-refractivity contribution in [2.75, 3.05) is 0 Å². The Morgan fingerprint density at radius 1 is 0.750 bits per heavy atom. The topological polar surface area (TPSA) is 9.23 Å². The summed E-state index contributed by atoms with van der Waals surface area (Å²) in [5.41, 5.74) is 0. The zero-order valence-corrected chi connectivity index (χ0v) is 13.7. The average Bonchev–Trinajstić information content (AvgIpc) is 2.29. The molecule has 0 saturated heterocycles. The number of hydrogen-bond acceptors (Lipinski definition) is 1. The summed E-state index contributed by atoms with van der Waals surface area (Å²) in [6, 6.07) is 16.4. The monoisotopic (exact) mass is 456 g/mol. The van der Waals surface area contributed by atoms with E-state index in [-0.39, 0.29) is 0 Å². The third-order valence-electron chi connectivity index (χ3n) is 2.47. The van der Waals surface area contributed by atoms with E-state index < -0.39 is 13.8 Å². The molecule has 0 spiro atoms. The Morgan fingerprint density at radius 2 is 1.19 bits per heavy atom. The fourth-order valence-electron chi connectivity index (χ4n) is 1.73. The van der Waals surface area contributed by atoms with Crippen LogP contribution in [0.3, 0.4) is 0 Å².